The third-order valence-electron chi connectivity index (χ3n) is 9.53. The van der Waals surface area contributed by atoms with Crippen molar-refractivity contribution in [1.29, 1.82) is 0 Å². The van der Waals surface area contributed by atoms with Gasteiger partial charge in [-0.15, -0.1) is 0 Å². The molecule has 9 nitrogen and oxygen atoms in total. The summed E-state index contributed by atoms with van der Waals surface area (Å²) in [5, 5.41) is 0. The van der Waals surface area contributed by atoms with Crippen LogP contribution in [0.25, 0.3) is 0 Å². The van der Waals surface area contributed by atoms with Gasteiger partial charge in [0.15, 0.2) is 6.10 Å². The summed E-state index contributed by atoms with van der Waals surface area (Å²) in [6.07, 6.45) is 48.4. The van der Waals surface area contributed by atoms with Crippen LogP contribution >= 0.6 is 7.82 Å². The maximum atomic E-state index is 12.7. The molecule has 0 amide bonds. The zero-order valence-corrected chi connectivity index (χ0v) is 38.7. The second kappa shape index (κ2) is 40.1. The smallest absolute Gasteiger partial charge is 0.462 e. The lowest BCUT2D eigenvalue weighted by Gasteiger charge is -2.24. The van der Waals surface area contributed by atoms with Crippen LogP contribution in [-0.4, -0.2) is 74.9 Å². The molecule has 0 rings (SSSR count). The molecule has 1 unspecified atom stereocenters. The van der Waals surface area contributed by atoms with Crippen LogP contribution < -0.4 is 0 Å². The molecule has 0 spiro atoms. The number of esters is 2. The van der Waals surface area contributed by atoms with Crippen LogP contribution in [0.2, 0.25) is 0 Å². The van der Waals surface area contributed by atoms with Crippen LogP contribution in [0.5, 0.6) is 0 Å². The first-order chi connectivity index (χ1) is 28.0. The van der Waals surface area contributed by atoms with Crippen molar-refractivity contribution in [2.45, 2.75) is 187 Å². The lowest BCUT2D eigenvalue weighted by atomic mass is 10.1. The Bertz CT molecular complexity index is 1170. The van der Waals surface area contributed by atoms with Crippen LogP contribution in [0, 0.1) is 0 Å². The second-order valence-electron chi connectivity index (χ2n) is 16.4. The fourth-order valence-corrected chi connectivity index (χ4v) is 6.68. The molecule has 0 aliphatic heterocycles. The van der Waals surface area contributed by atoms with E-state index in [9.17, 15) is 19.0 Å². The molecule has 0 bridgehead atoms. The van der Waals surface area contributed by atoms with Crippen molar-refractivity contribution >= 4 is 19.8 Å². The summed E-state index contributed by atoms with van der Waals surface area (Å²) < 4.78 is 34.3. The number of rotatable bonds is 41. The highest BCUT2D eigenvalue weighted by molar-refractivity contribution is 7.47. The second-order valence-corrected chi connectivity index (χ2v) is 17.9. The SMILES string of the molecule is CC/C=C\C/C=C\C/C=C\C/C=C\CCCCC(=O)OC[C@H](COP(=O)(O)OCC[N+](C)(C)C)OC(=O)CCCCCCCCC/C=C\CCCCCCCCCC. The molecule has 336 valence electrons. The van der Waals surface area contributed by atoms with Crippen LogP contribution in [-0.2, 0) is 32.7 Å². The van der Waals surface area contributed by atoms with Crippen LogP contribution in [0.4, 0.5) is 0 Å². The van der Waals surface area contributed by atoms with E-state index in [0.717, 1.165) is 64.2 Å². The first-order valence-electron chi connectivity index (χ1n) is 23.0. The van der Waals surface area contributed by atoms with E-state index in [0.29, 0.717) is 23.9 Å². The topological polar surface area (TPSA) is 108 Å². The number of hydrogen-bond acceptors (Lipinski definition) is 7. The zero-order valence-electron chi connectivity index (χ0n) is 37.8. The van der Waals surface area contributed by atoms with Crippen molar-refractivity contribution in [2.75, 3.05) is 47.5 Å². The molecule has 0 saturated heterocycles. The number of quaternary nitrogens is 1. The Balaban J connectivity index is 4.39. The predicted molar refractivity (Wildman–Crippen MR) is 243 cm³/mol. The maximum Gasteiger partial charge on any atom is 0.472 e. The Labute approximate surface area is 356 Å². The molecule has 0 aromatic heterocycles. The number of carbonyl (C=O) groups excluding carboxylic acids is 2. The highest BCUT2D eigenvalue weighted by Crippen LogP contribution is 2.43. The molecule has 2 atom stereocenters. The quantitative estimate of drug-likeness (QED) is 0.0213. The van der Waals surface area contributed by atoms with Crippen LogP contribution in [0.1, 0.15) is 181 Å². The summed E-state index contributed by atoms with van der Waals surface area (Å²) in [6, 6.07) is 0. The van der Waals surface area contributed by atoms with Gasteiger partial charge < -0.3 is 18.9 Å². The molecule has 0 aromatic rings. The van der Waals surface area contributed by atoms with Crippen molar-refractivity contribution in [3.63, 3.8) is 0 Å². The molecule has 0 saturated carbocycles. The van der Waals surface area contributed by atoms with E-state index in [1.165, 1.54) is 77.0 Å². The van der Waals surface area contributed by atoms with E-state index in [2.05, 4.69) is 74.6 Å². The molecule has 1 N–H and O–H groups in total. The molecule has 0 aromatic carbocycles. The van der Waals surface area contributed by atoms with Gasteiger partial charge >= 0.3 is 19.8 Å². The third kappa shape index (κ3) is 43.3. The Morgan fingerprint density at radius 3 is 1.52 bits per heavy atom. The van der Waals surface area contributed by atoms with Gasteiger partial charge in [0.05, 0.1) is 27.7 Å². The Hall–Kier alpha value is -2.29. The minimum Gasteiger partial charge on any atom is -0.462 e. The van der Waals surface area contributed by atoms with Gasteiger partial charge in [-0.2, -0.15) is 0 Å². The molecule has 0 radical (unpaired) electrons. The number of ether oxygens (including phenoxy) is 2. The van der Waals surface area contributed by atoms with Gasteiger partial charge in [0.2, 0.25) is 0 Å². The van der Waals surface area contributed by atoms with E-state index in [1.807, 2.05) is 21.1 Å². The van der Waals surface area contributed by atoms with Crippen molar-refractivity contribution in [3.8, 4) is 0 Å². The molecule has 0 fully saturated rings. The van der Waals surface area contributed by atoms with Crippen molar-refractivity contribution < 1.29 is 42.1 Å². The van der Waals surface area contributed by atoms with Gasteiger partial charge in [0, 0.05) is 12.8 Å². The van der Waals surface area contributed by atoms with E-state index in [1.54, 1.807) is 0 Å². The highest BCUT2D eigenvalue weighted by Gasteiger charge is 2.27. The number of nitrogens with zero attached hydrogens (tertiary/aromatic N) is 1. The number of allylic oxidation sites excluding steroid dienone is 10. The average Bonchev–Trinajstić information content (AvgIpc) is 3.17. The molecular formula is C48H87NO8P+. The van der Waals surface area contributed by atoms with E-state index in [-0.39, 0.29) is 26.1 Å². The van der Waals surface area contributed by atoms with E-state index in [4.69, 9.17) is 18.5 Å². The largest absolute Gasteiger partial charge is 0.472 e. The van der Waals surface area contributed by atoms with Gasteiger partial charge in [-0.25, -0.2) is 4.57 Å². The number of likely N-dealkylation sites (N-methyl/N-ethyl adjacent to an activating group) is 1. The average molecular weight is 837 g/mol. The number of hydrogen-bond donors (Lipinski definition) is 1. The molecule has 0 aliphatic rings. The predicted octanol–water partition coefficient (Wildman–Crippen LogP) is 13.2. The van der Waals surface area contributed by atoms with Gasteiger partial charge in [0.25, 0.3) is 0 Å². The summed E-state index contributed by atoms with van der Waals surface area (Å²) in [7, 11) is 1.44. The maximum absolute atomic E-state index is 12.7. The minimum absolute atomic E-state index is 0.0219. The number of unbranched alkanes of at least 4 members (excludes halogenated alkanes) is 17. The lowest BCUT2D eigenvalue weighted by Crippen LogP contribution is -2.37. The van der Waals surface area contributed by atoms with E-state index >= 15 is 0 Å². The molecule has 0 heterocycles. The fourth-order valence-electron chi connectivity index (χ4n) is 5.94. The third-order valence-corrected chi connectivity index (χ3v) is 10.5. The first-order valence-corrected chi connectivity index (χ1v) is 24.5. The number of carbonyl (C=O) groups is 2. The van der Waals surface area contributed by atoms with E-state index < -0.39 is 32.5 Å². The van der Waals surface area contributed by atoms with Gasteiger partial charge in [-0.3, -0.25) is 18.6 Å². The lowest BCUT2D eigenvalue weighted by molar-refractivity contribution is -0.870. The molecule has 58 heavy (non-hydrogen) atoms. The molecular weight excluding hydrogens is 750 g/mol. The van der Waals surface area contributed by atoms with Gasteiger partial charge in [-0.05, 0) is 77.0 Å². The minimum atomic E-state index is -4.39. The monoisotopic (exact) mass is 837 g/mol. The Morgan fingerprint density at radius 1 is 0.552 bits per heavy atom. The summed E-state index contributed by atoms with van der Waals surface area (Å²) >= 11 is 0. The van der Waals surface area contributed by atoms with Gasteiger partial charge in [0.1, 0.15) is 19.8 Å². The number of phosphoric ester groups is 1. The summed E-state index contributed by atoms with van der Waals surface area (Å²) in [5.74, 6) is -0.854. The fraction of sp³-hybridized carbons (Fsp3) is 0.750. The standard InChI is InChI=1S/C48H86NO8P/c1-6-8-10-12-14-16-18-20-22-23-24-25-27-29-31-33-35-37-39-41-48(51)57-46(45-56-58(52,53)55-43-42-49(3,4)5)44-54-47(50)40-38-36-34-32-30-28-26-21-19-17-15-13-11-9-7-2/h9,11,15,17,21,23-24,26,30,32,46H,6-8,10,12-14,16,18-20,22,25,27-29,31,33-45H2,1-5H3/p+1/b11-9-,17-15-,24-23-,26-21-,32-30-/t46-/m1/s1. The molecule has 0 aliphatic carbocycles. The summed E-state index contributed by atoms with van der Waals surface area (Å²) in [5.41, 5.74) is 0. The first kappa shape index (κ1) is 55.7. The summed E-state index contributed by atoms with van der Waals surface area (Å²) in [4.78, 5) is 35.4. The normalized spacial score (nSPS) is 14.1. The number of phosphoric acid groups is 1. The van der Waals surface area contributed by atoms with Crippen molar-refractivity contribution in [1.82, 2.24) is 0 Å². The highest BCUT2D eigenvalue weighted by atomic mass is 31.2. The van der Waals surface area contributed by atoms with Crippen LogP contribution in [0.15, 0.2) is 60.8 Å². The Kier molecular flexibility index (Phi) is 38.5. The van der Waals surface area contributed by atoms with Crippen molar-refractivity contribution in [2.24, 2.45) is 0 Å². The van der Waals surface area contributed by atoms with Crippen molar-refractivity contribution in [3.05, 3.63) is 60.8 Å². The van der Waals surface area contributed by atoms with Crippen LogP contribution in [0.3, 0.4) is 0 Å². The zero-order chi connectivity index (χ0) is 42.8. The van der Waals surface area contributed by atoms with Gasteiger partial charge in [-0.1, -0.05) is 152 Å². The molecule has 10 heteroatoms. The Morgan fingerprint density at radius 2 is 0.983 bits per heavy atom. The summed E-state index contributed by atoms with van der Waals surface area (Å²) in [6.45, 7) is 4.25.